The predicted octanol–water partition coefficient (Wildman–Crippen LogP) is 7.37. The first-order valence-corrected chi connectivity index (χ1v) is 12.2. The number of hydrogen-bond donors (Lipinski definition) is 1. The quantitative estimate of drug-likeness (QED) is 0.173. The third-order valence-electron chi connectivity index (χ3n) is 5.40. The van der Waals surface area contributed by atoms with Crippen LogP contribution in [0.2, 0.25) is 0 Å². The van der Waals surface area contributed by atoms with E-state index in [4.69, 9.17) is 0 Å². The van der Waals surface area contributed by atoms with Crippen LogP contribution in [0.3, 0.4) is 0 Å². The molecule has 0 spiro atoms. The fourth-order valence-corrected chi connectivity index (χ4v) is 3.57. The van der Waals surface area contributed by atoms with E-state index in [1.807, 2.05) is 0 Å². The number of nitrogens with one attached hydrogen (secondary N) is 1. The van der Waals surface area contributed by atoms with Crippen molar-refractivity contribution >= 4 is 12.2 Å². The first-order chi connectivity index (χ1) is 13.5. The van der Waals surface area contributed by atoms with E-state index in [1.165, 1.54) is 77.0 Å². The Morgan fingerprint density at radius 3 is 1.54 bits per heavy atom. The first-order valence-electron chi connectivity index (χ1n) is 12.2. The van der Waals surface area contributed by atoms with E-state index in [1.54, 1.807) is 0 Å². The maximum Gasteiger partial charge on any atom is 0.219 e. The molecule has 0 aliphatic carbocycles. The van der Waals surface area contributed by atoms with Gasteiger partial charge in [-0.1, -0.05) is 97.8 Å². The number of rotatable bonds is 20. The molecule has 0 atom stereocenters. The maximum atomic E-state index is 11.8. The summed E-state index contributed by atoms with van der Waals surface area (Å²) >= 11 is 0. The van der Waals surface area contributed by atoms with Crippen LogP contribution >= 0.6 is 0 Å². The molecule has 0 aliphatic rings. The summed E-state index contributed by atoms with van der Waals surface area (Å²) in [6.07, 6.45) is 22.7. The molecular weight excluding hydrogens is 346 g/mol. The molecular formula is C25H49NO2. The topological polar surface area (TPSA) is 46.2 Å². The summed E-state index contributed by atoms with van der Waals surface area (Å²) in [5.74, 6) is 0.234. The van der Waals surface area contributed by atoms with Crippen LogP contribution in [0, 0.1) is 5.41 Å². The zero-order valence-corrected chi connectivity index (χ0v) is 19.3. The van der Waals surface area contributed by atoms with Crippen LogP contribution < -0.4 is 5.32 Å². The standard InChI is InChI=1S/C25H49NO2/c1-25(2,3)21-19-22-26-24(28)20-17-15-13-11-9-7-5-4-6-8-10-12-14-16-18-23-27/h23H,4-22H2,1-3H3,(H,26,28). The molecule has 0 aromatic heterocycles. The van der Waals surface area contributed by atoms with E-state index < -0.39 is 0 Å². The molecule has 0 rings (SSSR count). The van der Waals surface area contributed by atoms with Gasteiger partial charge in [0.05, 0.1) is 0 Å². The Hall–Kier alpha value is -0.860. The molecule has 3 nitrogen and oxygen atoms in total. The second kappa shape index (κ2) is 19.5. The number of carbonyl (C=O) groups is 2. The highest BCUT2D eigenvalue weighted by atomic mass is 16.1. The summed E-state index contributed by atoms with van der Waals surface area (Å²) in [7, 11) is 0. The molecule has 0 saturated carbocycles. The number of amides is 1. The van der Waals surface area contributed by atoms with Crippen LogP contribution in [0.1, 0.15) is 136 Å². The van der Waals surface area contributed by atoms with Crippen LogP contribution in [-0.4, -0.2) is 18.7 Å². The maximum absolute atomic E-state index is 11.8. The lowest BCUT2D eigenvalue weighted by molar-refractivity contribution is -0.121. The van der Waals surface area contributed by atoms with Gasteiger partial charge in [-0.05, 0) is 31.1 Å². The van der Waals surface area contributed by atoms with Crippen LogP contribution in [0.5, 0.6) is 0 Å². The molecule has 0 fully saturated rings. The van der Waals surface area contributed by atoms with E-state index in [0.29, 0.717) is 11.8 Å². The van der Waals surface area contributed by atoms with Gasteiger partial charge in [0.15, 0.2) is 0 Å². The van der Waals surface area contributed by atoms with Crippen LogP contribution in [0.25, 0.3) is 0 Å². The molecule has 0 heterocycles. The van der Waals surface area contributed by atoms with Gasteiger partial charge >= 0.3 is 0 Å². The minimum atomic E-state index is 0.234. The third kappa shape index (κ3) is 23.2. The van der Waals surface area contributed by atoms with E-state index in [-0.39, 0.29) is 5.91 Å². The second-order valence-corrected chi connectivity index (χ2v) is 9.67. The molecule has 28 heavy (non-hydrogen) atoms. The SMILES string of the molecule is CC(C)(C)CCCNC(=O)CCCCCCCCCCCCCCCCC=O. The van der Waals surface area contributed by atoms with Crippen molar-refractivity contribution < 1.29 is 9.59 Å². The fraction of sp³-hybridized carbons (Fsp3) is 0.920. The zero-order valence-electron chi connectivity index (χ0n) is 19.3. The lowest BCUT2D eigenvalue weighted by Crippen LogP contribution is -2.24. The van der Waals surface area contributed by atoms with Gasteiger partial charge in [-0.3, -0.25) is 4.79 Å². The van der Waals surface area contributed by atoms with Gasteiger partial charge in [0.2, 0.25) is 5.91 Å². The number of unbranched alkanes of at least 4 members (excludes halogenated alkanes) is 14. The molecule has 0 aromatic rings. The molecule has 166 valence electrons. The molecule has 0 aliphatic heterocycles. The normalized spacial score (nSPS) is 11.5. The average Bonchev–Trinajstić information content (AvgIpc) is 2.64. The predicted molar refractivity (Wildman–Crippen MR) is 122 cm³/mol. The van der Waals surface area contributed by atoms with E-state index in [2.05, 4.69) is 26.1 Å². The Kier molecular flexibility index (Phi) is 18.9. The van der Waals surface area contributed by atoms with Crippen molar-refractivity contribution in [3.63, 3.8) is 0 Å². The zero-order chi connectivity index (χ0) is 20.9. The van der Waals surface area contributed by atoms with Crippen molar-refractivity contribution in [1.82, 2.24) is 5.32 Å². The summed E-state index contributed by atoms with van der Waals surface area (Å²) in [5.41, 5.74) is 0.364. The highest BCUT2D eigenvalue weighted by Crippen LogP contribution is 2.19. The van der Waals surface area contributed by atoms with Gasteiger partial charge in [-0.2, -0.15) is 0 Å². The van der Waals surface area contributed by atoms with Crippen molar-refractivity contribution in [2.45, 2.75) is 136 Å². The van der Waals surface area contributed by atoms with Gasteiger partial charge in [0, 0.05) is 19.4 Å². The van der Waals surface area contributed by atoms with Crippen LogP contribution in [0.15, 0.2) is 0 Å². The number of carbonyl (C=O) groups excluding carboxylic acids is 2. The van der Waals surface area contributed by atoms with Crippen molar-refractivity contribution in [2.75, 3.05) is 6.54 Å². The Morgan fingerprint density at radius 1 is 0.679 bits per heavy atom. The Balaban J connectivity index is 3.17. The van der Waals surface area contributed by atoms with Crippen molar-refractivity contribution in [3.8, 4) is 0 Å². The van der Waals surface area contributed by atoms with Gasteiger partial charge in [-0.25, -0.2) is 0 Å². The molecule has 0 aromatic carbocycles. The first kappa shape index (κ1) is 27.1. The van der Waals surface area contributed by atoms with Gasteiger partial charge in [0.25, 0.3) is 0 Å². The van der Waals surface area contributed by atoms with Crippen molar-refractivity contribution in [1.29, 1.82) is 0 Å². The van der Waals surface area contributed by atoms with Gasteiger partial charge in [0.1, 0.15) is 6.29 Å². The highest BCUT2D eigenvalue weighted by molar-refractivity contribution is 5.75. The Morgan fingerprint density at radius 2 is 1.11 bits per heavy atom. The minimum absolute atomic E-state index is 0.234. The van der Waals surface area contributed by atoms with Gasteiger partial charge < -0.3 is 10.1 Å². The molecule has 0 radical (unpaired) electrons. The molecule has 0 bridgehead atoms. The number of hydrogen-bond acceptors (Lipinski definition) is 2. The minimum Gasteiger partial charge on any atom is -0.356 e. The largest absolute Gasteiger partial charge is 0.356 e. The van der Waals surface area contributed by atoms with E-state index in [0.717, 1.165) is 44.9 Å². The fourth-order valence-electron chi connectivity index (χ4n) is 3.57. The number of aldehydes is 1. The van der Waals surface area contributed by atoms with Crippen LogP contribution in [-0.2, 0) is 9.59 Å². The third-order valence-corrected chi connectivity index (χ3v) is 5.40. The molecule has 0 unspecified atom stereocenters. The van der Waals surface area contributed by atoms with E-state index >= 15 is 0 Å². The van der Waals surface area contributed by atoms with E-state index in [9.17, 15) is 9.59 Å². The summed E-state index contributed by atoms with van der Waals surface area (Å²) in [5, 5.41) is 3.05. The summed E-state index contributed by atoms with van der Waals surface area (Å²) in [6, 6.07) is 0. The second-order valence-electron chi connectivity index (χ2n) is 9.67. The van der Waals surface area contributed by atoms with Crippen molar-refractivity contribution in [2.24, 2.45) is 5.41 Å². The molecule has 3 heteroatoms. The van der Waals surface area contributed by atoms with Gasteiger partial charge in [-0.15, -0.1) is 0 Å². The molecule has 0 saturated heterocycles. The summed E-state index contributed by atoms with van der Waals surface area (Å²) in [6.45, 7) is 7.57. The Bertz CT molecular complexity index is 360. The van der Waals surface area contributed by atoms with Crippen molar-refractivity contribution in [3.05, 3.63) is 0 Å². The highest BCUT2D eigenvalue weighted by Gasteiger charge is 2.09. The summed E-state index contributed by atoms with van der Waals surface area (Å²) < 4.78 is 0. The average molecular weight is 396 g/mol. The summed E-state index contributed by atoms with van der Waals surface area (Å²) in [4.78, 5) is 22.0. The van der Waals surface area contributed by atoms with Crippen LogP contribution in [0.4, 0.5) is 0 Å². The molecule has 1 amide bonds. The lowest BCUT2D eigenvalue weighted by Gasteiger charge is -2.17. The smallest absolute Gasteiger partial charge is 0.219 e. The Labute approximate surface area is 175 Å². The monoisotopic (exact) mass is 395 g/mol. The lowest BCUT2D eigenvalue weighted by atomic mass is 9.91. The molecule has 1 N–H and O–H groups in total.